The van der Waals surface area contributed by atoms with E-state index in [2.05, 4.69) is 10.5 Å². The quantitative estimate of drug-likeness (QED) is 0.892. The maximum atomic E-state index is 11.6. The third kappa shape index (κ3) is 1.89. The smallest absolute Gasteiger partial charge is 0.376 e. The van der Waals surface area contributed by atoms with Crippen molar-refractivity contribution in [2.45, 2.75) is 5.72 Å². The summed E-state index contributed by atoms with van der Waals surface area (Å²) >= 11 is 0. The minimum absolute atomic E-state index is 0.261. The molecule has 2 aromatic carbocycles. The van der Waals surface area contributed by atoms with Gasteiger partial charge in [0.25, 0.3) is 0 Å². The Hall–Kier alpha value is -2.82. The van der Waals surface area contributed by atoms with Gasteiger partial charge in [0, 0.05) is 11.1 Å². The number of carboxylic acid groups (broad SMARTS) is 1. The first-order valence-electron chi connectivity index (χ1n) is 6.10. The number of carboxylic acids is 1. The van der Waals surface area contributed by atoms with E-state index in [9.17, 15) is 9.90 Å². The SMILES string of the molecule is O=C(O)C1(c2ccccc2)NN=C(c2ccccc2)O1. The molecule has 0 saturated heterocycles. The first kappa shape index (κ1) is 12.2. The maximum absolute atomic E-state index is 11.6. The molecule has 0 spiro atoms. The molecule has 0 aromatic heterocycles. The summed E-state index contributed by atoms with van der Waals surface area (Å²) in [6.45, 7) is 0. The lowest BCUT2D eigenvalue weighted by Crippen LogP contribution is -2.46. The van der Waals surface area contributed by atoms with Crippen LogP contribution in [0.15, 0.2) is 65.8 Å². The zero-order valence-electron chi connectivity index (χ0n) is 10.5. The van der Waals surface area contributed by atoms with Gasteiger partial charge in [0.05, 0.1) is 0 Å². The van der Waals surface area contributed by atoms with Crippen LogP contribution in [0.1, 0.15) is 11.1 Å². The van der Waals surface area contributed by atoms with Crippen molar-refractivity contribution in [2.24, 2.45) is 5.10 Å². The van der Waals surface area contributed by atoms with E-state index in [1.165, 1.54) is 0 Å². The Kier molecular flexibility index (Phi) is 2.87. The average Bonchev–Trinajstić information content (AvgIpc) is 2.96. The fraction of sp³-hybridized carbons (Fsp3) is 0.0667. The van der Waals surface area contributed by atoms with Crippen molar-refractivity contribution in [2.75, 3.05) is 0 Å². The molecule has 2 N–H and O–H groups in total. The summed E-state index contributed by atoms with van der Waals surface area (Å²) < 4.78 is 5.62. The van der Waals surface area contributed by atoms with E-state index in [1.54, 1.807) is 24.3 Å². The molecule has 1 heterocycles. The van der Waals surface area contributed by atoms with Crippen LogP contribution in [0.3, 0.4) is 0 Å². The number of ether oxygens (including phenoxy) is 1. The minimum Gasteiger partial charge on any atom is -0.476 e. The molecule has 3 rings (SSSR count). The van der Waals surface area contributed by atoms with E-state index in [4.69, 9.17) is 4.74 Å². The number of hydrogen-bond donors (Lipinski definition) is 2. The van der Waals surface area contributed by atoms with Gasteiger partial charge in [0.1, 0.15) is 0 Å². The maximum Gasteiger partial charge on any atom is 0.376 e. The summed E-state index contributed by atoms with van der Waals surface area (Å²) in [4.78, 5) is 11.6. The summed E-state index contributed by atoms with van der Waals surface area (Å²) in [5.74, 6) is -0.879. The lowest BCUT2D eigenvalue weighted by Gasteiger charge is -2.23. The van der Waals surface area contributed by atoms with Crippen molar-refractivity contribution in [3.05, 3.63) is 71.8 Å². The largest absolute Gasteiger partial charge is 0.476 e. The van der Waals surface area contributed by atoms with E-state index in [1.807, 2.05) is 36.4 Å². The Morgan fingerprint density at radius 2 is 1.65 bits per heavy atom. The van der Waals surface area contributed by atoms with Gasteiger partial charge in [-0.15, -0.1) is 5.10 Å². The van der Waals surface area contributed by atoms with Crippen LogP contribution in [0.2, 0.25) is 0 Å². The van der Waals surface area contributed by atoms with Crippen LogP contribution in [0.25, 0.3) is 0 Å². The van der Waals surface area contributed by atoms with Gasteiger partial charge in [-0.25, -0.2) is 4.79 Å². The van der Waals surface area contributed by atoms with E-state index < -0.39 is 11.7 Å². The first-order chi connectivity index (χ1) is 9.72. The summed E-state index contributed by atoms with van der Waals surface area (Å²) in [5.41, 5.74) is 2.14. The van der Waals surface area contributed by atoms with Gasteiger partial charge in [-0.2, -0.15) is 0 Å². The summed E-state index contributed by atoms with van der Waals surface area (Å²) in [5, 5.41) is 13.5. The number of aliphatic carboxylic acids is 1. The summed E-state index contributed by atoms with van der Waals surface area (Å²) in [6, 6.07) is 17.9. The molecule has 0 aliphatic carbocycles. The van der Waals surface area contributed by atoms with Gasteiger partial charge in [0.15, 0.2) is 0 Å². The average molecular weight is 268 g/mol. The highest BCUT2D eigenvalue weighted by atomic mass is 16.6. The summed E-state index contributed by atoms with van der Waals surface area (Å²) in [7, 11) is 0. The molecule has 1 aliphatic heterocycles. The Labute approximate surface area is 115 Å². The number of hydrogen-bond acceptors (Lipinski definition) is 4. The van der Waals surface area contributed by atoms with Crippen molar-refractivity contribution >= 4 is 11.9 Å². The highest BCUT2D eigenvalue weighted by Gasteiger charge is 2.48. The Morgan fingerprint density at radius 1 is 1.05 bits per heavy atom. The van der Waals surface area contributed by atoms with Gasteiger partial charge in [-0.05, 0) is 12.1 Å². The zero-order valence-corrected chi connectivity index (χ0v) is 10.5. The molecular formula is C15H12N2O3. The predicted molar refractivity (Wildman–Crippen MR) is 73.0 cm³/mol. The van der Waals surface area contributed by atoms with Crippen LogP contribution in [-0.4, -0.2) is 17.0 Å². The normalized spacial score (nSPS) is 20.7. The van der Waals surface area contributed by atoms with Gasteiger partial charge in [-0.3, -0.25) is 5.43 Å². The summed E-state index contributed by atoms with van der Waals surface area (Å²) in [6.07, 6.45) is 0. The van der Waals surface area contributed by atoms with Crippen molar-refractivity contribution < 1.29 is 14.6 Å². The van der Waals surface area contributed by atoms with Gasteiger partial charge < -0.3 is 9.84 Å². The van der Waals surface area contributed by atoms with Crippen molar-refractivity contribution in [1.29, 1.82) is 0 Å². The molecule has 1 atom stereocenters. The van der Waals surface area contributed by atoms with E-state index in [0.29, 0.717) is 5.56 Å². The second-order valence-corrected chi connectivity index (χ2v) is 4.35. The van der Waals surface area contributed by atoms with Gasteiger partial charge in [0.2, 0.25) is 5.90 Å². The number of nitrogens with zero attached hydrogens (tertiary/aromatic N) is 1. The number of nitrogens with one attached hydrogen (secondary N) is 1. The molecule has 100 valence electrons. The van der Waals surface area contributed by atoms with Crippen molar-refractivity contribution in [3.8, 4) is 0 Å². The highest BCUT2D eigenvalue weighted by Crippen LogP contribution is 2.29. The molecule has 20 heavy (non-hydrogen) atoms. The number of hydrazone groups is 1. The first-order valence-corrected chi connectivity index (χ1v) is 6.10. The zero-order chi connectivity index (χ0) is 14.0. The second-order valence-electron chi connectivity index (χ2n) is 4.35. The van der Waals surface area contributed by atoms with Crippen LogP contribution < -0.4 is 5.43 Å². The number of benzene rings is 2. The highest BCUT2D eigenvalue weighted by molar-refractivity contribution is 5.98. The lowest BCUT2D eigenvalue weighted by atomic mass is 10.0. The fourth-order valence-corrected chi connectivity index (χ4v) is 2.04. The van der Waals surface area contributed by atoms with Crippen LogP contribution in [0.5, 0.6) is 0 Å². The molecule has 5 nitrogen and oxygen atoms in total. The van der Waals surface area contributed by atoms with Crippen molar-refractivity contribution in [1.82, 2.24) is 5.43 Å². The third-order valence-electron chi connectivity index (χ3n) is 3.07. The predicted octanol–water partition coefficient (Wildman–Crippen LogP) is 1.91. The van der Waals surface area contributed by atoms with E-state index in [0.717, 1.165) is 5.56 Å². The van der Waals surface area contributed by atoms with Crippen LogP contribution in [-0.2, 0) is 15.3 Å². The Morgan fingerprint density at radius 3 is 2.25 bits per heavy atom. The third-order valence-corrected chi connectivity index (χ3v) is 3.07. The lowest BCUT2D eigenvalue weighted by molar-refractivity contribution is -0.159. The van der Waals surface area contributed by atoms with Gasteiger partial charge >= 0.3 is 11.7 Å². The molecule has 1 aliphatic rings. The molecule has 0 bridgehead atoms. The molecule has 1 unspecified atom stereocenters. The molecule has 0 saturated carbocycles. The second kappa shape index (κ2) is 4.70. The monoisotopic (exact) mass is 268 g/mol. The molecule has 5 heteroatoms. The van der Waals surface area contributed by atoms with E-state index >= 15 is 0 Å². The van der Waals surface area contributed by atoms with Crippen molar-refractivity contribution in [3.63, 3.8) is 0 Å². The van der Waals surface area contributed by atoms with Crippen LogP contribution >= 0.6 is 0 Å². The topological polar surface area (TPSA) is 70.9 Å². The number of rotatable bonds is 3. The molecule has 0 amide bonds. The minimum atomic E-state index is -1.67. The standard InChI is InChI=1S/C15H12N2O3/c18-14(19)15(12-9-5-2-6-10-12)17-16-13(20-15)11-7-3-1-4-8-11/h1-10,17H,(H,18,19). The van der Waals surface area contributed by atoms with E-state index in [-0.39, 0.29) is 5.90 Å². The fourth-order valence-electron chi connectivity index (χ4n) is 2.04. The number of carbonyl (C=O) groups is 1. The molecule has 0 radical (unpaired) electrons. The molecular weight excluding hydrogens is 256 g/mol. The van der Waals surface area contributed by atoms with Crippen LogP contribution in [0, 0.1) is 0 Å². The Balaban J connectivity index is 1.96. The van der Waals surface area contributed by atoms with Gasteiger partial charge in [-0.1, -0.05) is 48.5 Å². The molecule has 2 aromatic rings. The molecule has 0 fully saturated rings. The van der Waals surface area contributed by atoms with Crippen LogP contribution in [0.4, 0.5) is 0 Å². The Bertz CT molecular complexity index is 655.